The molecule has 7 nitrogen and oxygen atoms in total. The van der Waals surface area contributed by atoms with Gasteiger partial charge in [0.2, 0.25) is 6.79 Å². The third-order valence-corrected chi connectivity index (χ3v) is 2.85. The van der Waals surface area contributed by atoms with Gasteiger partial charge >= 0.3 is 12.0 Å². The maximum absolute atomic E-state index is 11.4. The van der Waals surface area contributed by atoms with Gasteiger partial charge in [-0.1, -0.05) is 6.07 Å². The van der Waals surface area contributed by atoms with Crippen LogP contribution in [0.3, 0.4) is 0 Å². The first-order chi connectivity index (χ1) is 9.13. The molecular formula is C12H10N2O5. The Balaban J connectivity index is 1.95. The van der Waals surface area contributed by atoms with Crippen molar-refractivity contribution in [2.75, 3.05) is 6.79 Å². The van der Waals surface area contributed by atoms with Crippen molar-refractivity contribution in [2.45, 2.75) is 6.04 Å². The van der Waals surface area contributed by atoms with E-state index in [2.05, 4.69) is 10.6 Å². The SMILES string of the molecule is O=C1NC(C(=O)O)=C[C@H](c2ccc3c(c2)OCO3)N1. The van der Waals surface area contributed by atoms with E-state index in [0.717, 1.165) is 5.56 Å². The maximum atomic E-state index is 11.4. The van der Waals surface area contributed by atoms with Crippen LogP contribution < -0.4 is 20.1 Å². The van der Waals surface area contributed by atoms with Crippen LogP contribution in [0.5, 0.6) is 11.5 Å². The van der Waals surface area contributed by atoms with Crippen molar-refractivity contribution >= 4 is 12.0 Å². The average Bonchev–Trinajstić information content (AvgIpc) is 2.85. The summed E-state index contributed by atoms with van der Waals surface area (Å²) in [6, 6.07) is 4.12. The number of carbonyl (C=O) groups is 2. The van der Waals surface area contributed by atoms with Gasteiger partial charge in [0.15, 0.2) is 11.5 Å². The molecule has 2 amide bonds. The van der Waals surface area contributed by atoms with Gasteiger partial charge in [-0.15, -0.1) is 0 Å². The molecule has 1 aromatic carbocycles. The fourth-order valence-electron chi connectivity index (χ4n) is 1.96. The number of nitrogens with one attached hydrogen (secondary N) is 2. The number of carboxylic acid groups (broad SMARTS) is 1. The van der Waals surface area contributed by atoms with E-state index in [0.29, 0.717) is 11.5 Å². The summed E-state index contributed by atoms with van der Waals surface area (Å²) in [5.41, 5.74) is 0.573. The highest BCUT2D eigenvalue weighted by Crippen LogP contribution is 2.34. The van der Waals surface area contributed by atoms with Crippen LogP contribution in [0, 0.1) is 0 Å². The van der Waals surface area contributed by atoms with Crippen molar-refractivity contribution in [3.63, 3.8) is 0 Å². The molecular weight excluding hydrogens is 252 g/mol. The number of carbonyl (C=O) groups excluding carboxylic acids is 1. The zero-order valence-electron chi connectivity index (χ0n) is 9.67. The normalized spacial score (nSPS) is 20.3. The van der Waals surface area contributed by atoms with Gasteiger partial charge in [0.25, 0.3) is 0 Å². The van der Waals surface area contributed by atoms with Crippen molar-refractivity contribution in [1.82, 2.24) is 10.6 Å². The molecule has 0 fully saturated rings. The second-order valence-corrected chi connectivity index (χ2v) is 4.07. The van der Waals surface area contributed by atoms with Gasteiger partial charge in [0.1, 0.15) is 5.70 Å². The van der Waals surface area contributed by atoms with Crippen molar-refractivity contribution < 1.29 is 24.2 Å². The fraction of sp³-hybridized carbons (Fsp3) is 0.167. The lowest BCUT2D eigenvalue weighted by atomic mass is 10.0. The van der Waals surface area contributed by atoms with Gasteiger partial charge in [-0.2, -0.15) is 0 Å². The molecule has 0 bridgehead atoms. The first-order valence-corrected chi connectivity index (χ1v) is 5.55. The quantitative estimate of drug-likeness (QED) is 0.730. The van der Waals surface area contributed by atoms with Crippen LogP contribution in [0.15, 0.2) is 30.0 Å². The van der Waals surface area contributed by atoms with Crippen LogP contribution in [0.25, 0.3) is 0 Å². The lowest BCUT2D eigenvalue weighted by Crippen LogP contribution is -2.43. The van der Waals surface area contributed by atoms with E-state index >= 15 is 0 Å². The molecule has 0 saturated heterocycles. The predicted molar refractivity (Wildman–Crippen MR) is 62.7 cm³/mol. The summed E-state index contributed by atoms with van der Waals surface area (Å²) in [6.07, 6.45) is 1.43. The van der Waals surface area contributed by atoms with Crippen molar-refractivity contribution in [2.24, 2.45) is 0 Å². The molecule has 0 spiro atoms. The number of hydrogen-bond donors (Lipinski definition) is 3. The van der Waals surface area contributed by atoms with Gasteiger partial charge in [-0.25, -0.2) is 9.59 Å². The molecule has 1 atom stereocenters. The molecule has 3 N–H and O–H groups in total. The van der Waals surface area contributed by atoms with E-state index in [4.69, 9.17) is 14.6 Å². The molecule has 7 heteroatoms. The number of benzene rings is 1. The van der Waals surface area contributed by atoms with E-state index in [1.54, 1.807) is 18.2 Å². The number of urea groups is 1. The van der Waals surface area contributed by atoms with Gasteiger partial charge in [0.05, 0.1) is 6.04 Å². The average molecular weight is 262 g/mol. The molecule has 2 heterocycles. The highest BCUT2D eigenvalue weighted by molar-refractivity contribution is 5.93. The minimum Gasteiger partial charge on any atom is -0.477 e. The highest BCUT2D eigenvalue weighted by atomic mass is 16.7. The maximum Gasteiger partial charge on any atom is 0.352 e. The molecule has 0 radical (unpaired) electrons. The first kappa shape index (κ1) is 11.4. The summed E-state index contributed by atoms with van der Waals surface area (Å²) in [6.45, 7) is 0.160. The number of amides is 2. The zero-order valence-corrected chi connectivity index (χ0v) is 9.67. The molecule has 0 unspecified atom stereocenters. The monoisotopic (exact) mass is 262 g/mol. The Morgan fingerprint density at radius 3 is 2.89 bits per heavy atom. The van der Waals surface area contributed by atoms with E-state index < -0.39 is 18.0 Å². The Kier molecular flexibility index (Phi) is 2.52. The van der Waals surface area contributed by atoms with Crippen LogP contribution in [-0.2, 0) is 4.79 Å². The third-order valence-electron chi connectivity index (χ3n) is 2.85. The Morgan fingerprint density at radius 2 is 2.11 bits per heavy atom. The van der Waals surface area contributed by atoms with E-state index in [-0.39, 0.29) is 12.5 Å². The summed E-state index contributed by atoms with van der Waals surface area (Å²) < 4.78 is 10.4. The highest BCUT2D eigenvalue weighted by Gasteiger charge is 2.24. The summed E-state index contributed by atoms with van der Waals surface area (Å²) in [5.74, 6) is 0.0302. The molecule has 0 saturated carbocycles. The Hall–Kier alpha value is -2.70. The van der Waals surface area contributed by atoms with Crippen LogP contribution >= 0.6 is 0 Å². The van der Waals surface area contributed by atoms with Gasteiger partial charge < -0.3 is 25.2 Å². The van der Waals surface area contributed by atoms with Crippen molar-refractivity contribution in [1.29, 1.82) is 0 Å². The van der Waals surface area contributed by atoms with Crippen LogP contribution in [0.1, 0.15) is 11.6 Å². The molecule has 2 aliphatic rings. The zero-order chi connectivity index (χ0) is 13.4. The number of ether oxygens (including phenoxy) is 2. The Bertz CT molecular complexity index is 596. The molecule has 0 aliphatic carbocycles. The largest absolute Gasteiger partial charge is 0.477 e. The third kappa shape index (κ3) is 2.05. The standard InChI is InChI=1S/C12H10N2O5/c15-11(16)8-4-7(13-12(17)14-8)6-1-2-9-10(3-6)19-5-18-9/h1-4,7H,5H2,(H,15,16)(H2,13,14,17)/t7-/m1/s1. The fourth-order valence-corrected chi connectivity index (χ4v) is 1.96. The lowest BCUT2D eigenvalue weighted by Gasteiger charge is -2.22. The molecule has 1 aromatic rings. The topological polar surface area (TPSA) is 96.9 Å². The van der Waals surface area contributed by atoms with E-state index in [1.165, 1.54) is 6.08 Å². The number of fused-ring (bicyclic) bond motifs is 1. The smallest absolute Gasteiger partial charge is 0.352 e. The summed E-state index contributed by atoms with van der Waals surface area (Å²) >= 11 is 0. The Labute approximate surface area is 107 Å². The molecule has 0 aromatic heterocycles. The second kappa shape index (κ2) is 4.20. The summed E-state index contributed by atoms with van der Waals surface area (Å²) in [4.78, 5) is 22.3. The van der Waals surface area contributed by atoms with Crippen molar-refractivity contribution in [3.8, 4) is 11.5 Å². The number of aliphatic carboxylic acids is 1. The summed E-state index contributed by atoms with van der Waals surface area (Å²) in [7, 11) is 0. The minimum absolute atomic E-state index is 0.147. The molecule has 2 aliphatic heterocycles. The molecule has 3 rings (SSSR count). The number of rotatable bonds is 2. The first-order valence-electron chi connectivity index (χ1n) is 5.55. The minimum atomic E-state index is -1.18. The van der Waals surface area contributed by atoms with Gasteiger partial charge in [-0.05, 0) is 23.8 Å². The predicted octanol–water partition coefficient (Wildman–Crippen LogP) is 0.738. The van der Waals surface area contributed by atoms with Crippen LogP contribution in [0.2, 0.25) is 0 Å². The van der Waals surface area contributed by atoms with Gasteiger partial charge in [0, 0.05) is 0 Å². The summed E-state index contributed by atoms with van der Waals surface area (Å²) in [5, 5.41) is 13.8. The number of hydrogen-bond acceptors (Lipinski definition) is 4. The van der Waals surface area contributed by atoms with E-state index in [1.807, 2.05) is 0 Å². The lowest BCUT2D eigenvalue weighted by molar-refractivity contribution is -0.133. The van der Waals surface area contributed by atoms with Crippen LogP contribution in [-0.4, -0.2) is 23.9 Å². The van der Waals surface area contributed by atoms with Crippen molar-refractivity contribution in [3.05, 3.63) is 35.5 Å². The van der Waals surface area contributed by atoms with E-state index in [9.17, 15) is 9.59 Å². The number of carboxylic acids is 1. The molecule has 19 heavy (non-hydrogen) atoms. The Morgan fingerprint density at radius 1 is 1.32 bits per heavy atom. The second-order valence-electron chi connectivity index (χ2n) is 4.07. The van der Waals surface area contributed by atoms with Crippen LogP contribution in [0.4, 0.5) is 4.79 Å². The molecule has 98 valence electrons. The van der Waals surface area contributed by atoms with Gasteiger partial charge in [-0.3, -0.25) is 0 Å².